The summed E-state index contributed by atoms with van der Waals surface area (Å²) in [6, 6.07) is 25.5. The van der Waals surface area contributed by atoms with E-state index in [0.29, 0.717) is 0 Å². The maximum absolute atomic E-state index is 6.09. The zero-order valence-electron chi connectivity index (χ0n) is 17.7. The Morgan fingerprint density at radius 1 is 0.500 bits per heavy atom. The van der Waals surface area contributed by atoms with Crippen LogP contribution in [-0.2, 0) is 0 Å². The van der Waals surface area contributed by atoms with E-state index >= 15 is 0 Å². The van der Waals surface area contributed by atoms with Crippen LogP contribution in [0.1, 0.15) is 25.0 Å². The minimum absolute atomic E-state index is 0.929. The van der Waals surface area contributed by atoms with Crippen molar-refractivity contribution in [3.05, 3.63) is 83.9 Å². The van der Waals surface area contributed by atoms with Gasteiger partial charge < -0.3 is 8.83 Å². The quantitative estimate of drug-likeness (QED) is 0.279. The first-order valence-corrected chi connectivity index (χ1v) is 10.5. The maximum Gasteiger partial charge on any atom is 0.138 e. The zero-order chi connectivity index (χ0) is 20.8. The summed E-state index contributed by atoms with van der Waals surface area (Å²) in [5.41, 5.74) is 8.50. The molecule has 2 nitrogen and oxygen atoms in total. The van der Waals surface area contributed by atoms with E-state index in [0.717, 1.165) is 44.2 Å². The Labute approximate surface area is 175 Å². The molecule has 0 saturated heterocycles. The van der Waals surface area contributed by atoms with Crippen LogP contribution in [0.15, 0.2) is 81.6 Å². The van der Waals surface area contributed by atoms with E-state index in [1.54, 1.807) is 0 Å². The van der Waals surface area contributed by atoms with Crippen LogP contribution in [0, 0.1) is 13.8 Å². The Kier molecular flexibility index (Phi) is 4.36. The van der Waals surface area contributed by atoms with E-state index in [9.17, 15) is 0 Å². The molecule has 0 unspecified atom stereocenters. The van der Waals surface area contributed by atoms with Gasteiger partial charge in [0.25, 0.3) is 0 Å². The molecule has 2 heterocycles. The third-order valence-corrected chi connectivity index (χ3v) is 5.72. The maximum atomic E-state index is 6.09. The van der Waals surface area contributed by atoms with Gasteiger partial charge in [-0.05, 0) is 60.4 Å². The summed E-state index contributed by atoms with van der Waals surface area (Å²) < 4.78 is 12.2. The molecule has 148 valence electrons. The van der Waals surface area contributed by atoms with Crippen molar-refractivity contribution in [3.63, 3.8) is 0 Å². The molecule has 6 rings (SSSR count). The Morgan fingerprint density at radius 3 is 1.37 bits per heavy atom. The minimum Gasteiger partial charge on any atom is -0.456 e. The number of furan rings is 2. The first-order chi connectivity index (χ1) is 14.7. The number of hydrogen-bond acceptors (Lipinski definition) is 2. The summed E-state index contributed by atoms with van der Waals surface area (Å²) in [6.45, 7) is 8.18. The van der Waals surface area contributed by atoms with Crippen LogP contribution in [0.3, 0.4) is 0 Å². The summed E-state index contributed by atoms with van der Waals surface area (Å²) >= 11 is 0. The lowest BCUT2D eigenvalue weighted by Crippen LogP contribution is -1.78. The lowest BCUT2D eigenvalue weighted by Gasteiger charge is -2.02. The van der Waals surface area contributed by atoms with Gasteiger partial charge in [0.05, 0.1) is 0 Å². The second-order valence-electron chi connectivity index (χ2n) is 7.53. The van der Waals surface area contributed by atoms with Crippen molar-refractivity contribution in [1.82, 2.24) is 0 Å². The average Bonchev–Trinajstić information content (AvgIpc) is 3.35. The smallest absolute Gasteiger partial charge is 0.138 e. The Hall–Kier alpha value is -3.52. The van der Waals surface area contributed by atoms with Crippen LogP contribution in [-0.4, -0.2) is 0 Å². The monoisotopic (exact) mass is 392 g/mol. The lowest BCUT2D eigenvalue weighted by atomic mass is 10.00. The van der Waals surface area contributed by atoms with Gasteiger partial charge in [-0.25, -0.2) is 0 Å². The molecule has 2 aromatic heterocycles. The number of rotatable bonds is 1. The fourth-order valence-corrected chi connectivity index (χ4v) is 4.24. The Bertz CT molecular complexity index is 1410. The summed E-state index contributed by atoms with van der Waals surface area (Å²) in [4.78, 5) is 0. The van der Waals surface area contributed by atoms with E-state index in [4.69, 9.17) is 8.83 Å². The Morgan fingerprint density at radius 2 is 0.933 bits per heavy atom. The van der Waals surface area contributed by atoms with E-state index in [1.807, 2.05) is 13.8 Å². The molecule has 0 saturated carbocycles. The molecule has 6 aromatic rings. The predicted octanol–water partition coefficient (Wildman–Crippen LogP) is 8.80. The molecule has 4 aromatic carbocycles. The van der Waals surface area contributed by atoms with Gasteiger partial charge in [0.1, 0.15) is 22.3 Å². The topological polar surface area (TPSA) is 26.3 Å². The molecular weight excluding hydrogens is 368 g/mol. The van der Waals surface area contributed by atoms with Gasteiger partial charge in [0.2, 0.25) is 0 Å². The van der Waals surface area contributed by atoms with Crippen molar-refractivity contribution in [3.8, 4) is 11.1 Å². The highest BCUT2D eigenvalue weighted by Gasteiger charge is 2.12. The van der Waals surface area contributed by atoms with Crippen LogP contribution in [0.25, 0.3) is 55.0 Å². The fourth-order valence-electron chi connectivity index (χ4n) is 4.24. The molecule has 0 spiro atoms. The first kappa shape index (κ1) is 18.5. The van der Waals surface area contributed by atoms with Crippen LogP contribution in [0.5, 0.6) is 0 Å². The van der Waals surface area contributed by atoms with Crippen molar-refractivity contribution >= 4 is 43.9 Å². The van der Waals surface area contributed by atoms with Gasteiger partial charge >= 0.3 is 0 Å². The Balaban J connectivity index is 0.000000937. The predicted molar refractivity (Wildman–Crippen MR) is 127 cm³/mol. The molecule has 0 aliphatic rings. The SMILES string of the molecule is CC.Cc1cccc2c1oc1ccc(-c3ccc4oc5c(C)cccc5c4c3)cc12. The van der Waals surface area contributed by atoms with Crippen LogP contribution in [0.4, 0.5) is 0 Å². The molecule has 0 radical (unpaired) electrons. The van der Waals surface area contributed by atoms with E-state index < -0.39 is 0 Å². The zero-order valence-corrected chi connectivity index (χ0v) is 17.7. The normalized spacial score (nSPS) is 11.3. The molecule has 2 heteroatoms. The number of aryl methyl sites for hydroxylation is 2. The second kappa shape index (κ2) is 7.07. The highest BCUT2D eigenvalue weighted by Crippen LogP contribution is 2.36. The molecule has 30 heavy (non-hydrogen) atoms. The minimum atomic E-state index is 0.929. The number of para-hydroxylation sites is 2. The van der Waals surface area contributed by atoms with Crippen molar-refractivity contribution in [2.45, 2.75) is 27.7 Å². The molecule has 0 atom stereocenters. The van der Waals surface area contributed by atoms with Gasteiger partial charge in [-0.2, -0.15) is 0 Å². The summed E-state index contributed by atoms with van der Waals surface area (Å²) in [6.07, 6.45) is 0. The molecule has 0 N–H and O–H groups in total. The van der Waals surface area contributed by atoms with Crippen molar-refractivity contribution < 1.29 is 8.83 Å². The summed E-state index contributed by atoms with van der Waals surface area (Å²) in [7, 11) is 0. The summed E-state index contributed by atoms with van der Waals surface area (Å²) in [5, 5.41) is 4.65. The highest BCUT2D eigenvalue weighted by molar-refractivity contribution is 6.09. The van der Waals surface area contributed by atoms with E-state index in [-0.39, 0.29) is 0 Å². The molecule has 0 aliphatic carbocycles. The van der Waals surface area contributed by atoms with Crippen molar-refractivity contribution in [2.75, 3.05) is 0 Å². The number of hydrogen-bond donors (Lipinski definition) is 0. The second-order valence-corrected chi connectivity index (χ2v) is 7.53. The molecular formula is C28H24O2. The van der Waals surface area contributed by atoms with Crippen LogP contribution >= 0.6 is 0 Å². The lowest BCUT2D eigenvalue weighted by molar-refractivity contribution is 0.665. The van der Waals surface area contributed by atoms with Gasteiger partial charge in [0, 0.05) is 21.5 Å². The third-order valence-electron chi connectivity index (χ3n) is 5.72. The van der Waals surface area contributed by atoms with Crippen LogP contribution < -0.4 is 0 Å². The van der Waals surface area contributed by atoms with Crippen molar-refractivity contribution in [1.29, 1.82) is 0 Å². The van der Waals surface area contributed by atoms with Gasteiger partial charge in [-0.3, -0.25) is 0 Å². The van der Waals surface area contributed by atoms with Gasteiger partial charge in [-0.1, -0.05) is 62.4 Å². The summed E-state index contributed by atoms with van der Waals surface area (Å²) in [5.74, 6) is 0. The van der Waals surface area contributed by atoms with Crippen LogP contribution in [0.2, 0.25) is 0 Å². The standard InChI is InChI=1S/C26H18O2.C2H6/c1-15-5-3-7-19-21-13-17(9-11-23(21)27-25(15)19)18-10-12-24-22(14-18)20-8-4-6-16(2)26(20)28-24;1-2/h3-14H,1-2H3;1-2H3. The fraction of sp³-hybridized carbons (Fsp3) is 0.143. The largest absolute Gasteiger partial charge is 0.456 e. The van der Waals surface area contributed by atoms with Crippen molar-refractivity contribution in [2.24, 2.45) is 0 Å². The molecule has 0 fully saturated rings. The van der Waals surface area contributed by atoms with E-state index in [1.165, 1.54) is 21.9 Å². The highest BCUT2D eigenvalue weighted by atomic mass is 16.3. The van der Waals surface area contributed by atoms with Gasteiger partial charge in [-0.15, -0.1) is 0 Å². The number of benzene rings is 4. The molecule has 0 aliphatic heterocycles. The average molecular weight is 392 g/mol. The van der Waals surface area contributed by atoms with Gasteiger partial charge in [0.15, 0.2) is 0 Å². The molecule has 0 bridgehead atoms. The molecule has 0 amide bonds. The first-order valence-electron chi connectivity index (χ1n) is 10.5. The third kappa shape index (κ3) is 2.72. The number of fused-ring (bicyclic) bond motifs is 6. The van der Waals surface area contributed by atoms with E-state index in [2.05, 4.69) is 86.6 Å².